The van der Waals surface area contributed by atoms with E-state index in [1.165, 1.54) is 24.0 Å². The van der Waals surface area contributed by atoms with Crippen LogP contribution in [-0.2, 0) is 6.42 Å². The van der Waals surface area contributed by atoms with Gasteiger partial charge in [0, 0.05) is 12.1 Å². The minimum absolute atomic E-state index is 0.492. The molecule has 2 heteroatoms. The van der Waals surface area contributed by atoms with E-state index in [9.17, 15) is 0 Å². The third-order valence-electron chi connectivity index (χ3n) is 4.02. The van der Waals surface area contributed by atoms with Crippen LogP contribution < -0.4 is 10.6 Å². The average molecular weight is 216 g/mol. The third kappa shape index (κ3) is 1.87. The Balaban J connectivity index is 1.93. The smallest absolute Gasteiger partial charge is 0.0294 e. The van der Waals surface area contributed by atoms with Crippen molar-refractivity contribution in [1.29, 1.82) is 0 Å². The maximum absolute atomic E-state index is 3.79. The van der Waals surface area contributed by atoms with Crippen LogP contribution in [0.15, 0.2) is 24.3 Å². The van der Waals surface area contributed by atoms with Crippen LogP contribution in [0.5, 0.6) is 0 Å². The van der Waals surface area contributed by atoms with Crippen molar-refractivity contribution in [3.63, 3.8) is 0 Å². The molecule has 86 valence electrons. The Bertz CT molecular complexity index is 375. The van der Waals surface area contributed by atoms with Gasteiger partial charge in [0.1, 0.15) is 0 Å². The number of hydrogen-bond acceptors (Lipinski definition) is 2. The summed E-state index contributed by atoms with van der Waals surface area (Å²) in [6.45, 7) is 4.60. The molecule has 0 amide bonds. The van der Waals surface area contributed by atoms with Gasteiger partial charge in [-0.05, 0) is 49.9 Å². The van der Waals surface area contributed by atoms with E-state index in [0.29, 0.717) is 12.1 Å². The minimum Gasteiger partial charge on any atom is -0.316 e. The van der Waals surface area contributed by atoms with Crippen molar-refractivity contribution in [2.24, 2.45) is 5.92 Å². The molecule has 1 saturated heterocycles. The fourth-order valence-electron chi connectivity index (χ4n) is 3.07. The molecule has 0 saturated carbocycles. The van der Waals surface area contributed by atoms with Crippen molar-refractivity contribution >= 4 is 0 Å². The molecule has 1 aromatic carbocycles. The summed E-state index contributed by atoms with van der Waals surface area (Å²) in [5.74, 6) is 0.756. The van der Waals surface area contributed by atoms with Crippen molar-refractivity contribution in [3.05, 3.63) is 35.4 Å². The molecular formula is C14H20N2. The Morgan fingerprint density at radius 2 is 2.25 bits per heavy atom. The number of rotatable bonds is 0. The molecule has 0 aliphatic carbocycles. The second-order valence-electron chi connectivity index (χ2n) is 5.20. The lowest BCUT2D eigenvalue weighted by Crippen LogP contribution is -2.49. The Kier molecular flexibility index (Phi) is 2.70. The molecule has 16 heavy (non-hydrogen) atoms. The summed E-state index contributed by atoms with van der Waals surface area (Å²) in [5, 5.41) is 7.30. The van der Waals surface area contributed by atoms with Crippen LogP contribution in [-0.4, -0.2) is 19.1 Å². The van der Waals surface area contributed by atoms with Crippen molar-refractivity contribution in [1.82, 2.24) is 10.6 Å². The highest BCUT2D eigenvalue weighted by atomic mass is 15.0. The molecule has 0 spiro atoms. The highest BCUT2D eigenvalue weighted by molar-refractivity contribution is 5.27. The van der Waals surface area contributed by atoms with Gasteiger partial charge in [-0.25, -0.2) is 0 Å². The molecule has 3 rings (SSSR count). The number of fused-ring (bicyclic) bond motifs is 3. The van der Waals surface area contributed by atoms with Crippen molar-refractivity contribution < 1.29 is 0 Å². The van der Waals surface area contributed by atoms with E-state index in [2.05, 4.69) is 41.8 Å². The van der Waals surface area contributed by atoms with E-state index in [-0.39, 0.29) is 0 Å². The van der Waals surface area contributed by atoms with Gasteiger partial charge < -0.3 is 10.6 Å². The molecule has 0 aromatic heterocycles. The topological polar surface area (TPSA) is 24.1 Å². The van der Waals surface area contributed by atoms with Gasteiger partial charge in [0.05, 0.1) is 0 Å². The maximum Gasteiger partial charge on any atom is 0.0294 e. The molecule has 1 fully saturated rings. The Morgan fingerprint density at radius 3 is 3.19 bits per heavy atom. The van der Waals surface area contributed by atoms with Crippen molar-refractivity contribution in [3.8, 4) is 0 Å². The van der Waals surface area contributed by atoms with Gasteiger partial charge in [-0.3, -0.25) is 0 Å². The first-order valence-corrected chi connectivity index (χ1v) is 6.38. The number of hydrogen-bond donors (Lipinski definition) is 2. The number of benzene rings is 1. The molecule has 2 N–H and O–H groups in total. The van der Waals surface area contributed by atoms with E-state index in [4.69, 9.17) is 0 Å². The molecule has 2 heterocycles. The highest BCUT2D eigenvalue weighted by Gasteiger charge is 2.28. The quantitative estimate of drug-likeness (QED) is 0.692. The van der Waals surface area contributed by atoms with E-state index in [1.807, 2.05) is 0 Å². The zero-order valence-electron chi connectivity index (χ0n) is 9.87. The second kappa shape index (κ2) is 4.19. The van der Waals surface area contributed by atoms with E-state index in [1.54, 1.807) is 0 Å². The lowest BCUT2D eigenvalue weighted by Gasteiger charge is -2.37. The molecule has 2 aliphatic rings. The van der Waals surface area contributed by atoms with Crippen LogP contribution in [0.2, 0.25) is 0 Å². The van der Waals surface area contributed by atoms with E-state index in [0.717, 1.165) is 19.0 Å². The molecular weight excluding hydrogens is 196 g/mol. The normalized spacial score (nSPS) is 33.7. The lowest BCUT2D eigenvalue weighted by molar-refractivity contribution is 0.256. The predicted octanol–water partition coefficient (Wildman–Crippen LogP) is 1.87. The van der Waals surface area contributed by atoms with Gasteiger partial charge in [0.25, 0.3) is 0 Å². The number of piperidine rings is 1. The third-order valence-corrected chi connectivity index (χ3v) is 4.02. The minimum atomic E-state index is 0.492. The van der Waals surface area contributed by atoms with Gasteiger partial charge in [-0.15, -0.1) is 0 Å². The lowest BCUT2D eigenvalue weighted by atomic mass is 9.84. The summed E-state index contributed by atoms with van der Waals surface area (Å²) < 4.78 is 0. The van der Waals surface area contributed by atoms with Crippen LogP contribution in [0, 0.1) is 5.92 Å². The van der Waals surface area contributed by atoms with Gasteiger partial charge in [-0.1, -0.05) is 24.3 Å². The van der Waals surface area contributed by atoms with Gasteiger partial charge in [0.2, 0.25) is 0 Å². The van der Waals surface area contributed by atoms with Crippen LogP contribution in [0.3, 0.4) is 0 Å². The zero-order chi connectivity index (χ0) is 11.0. The fourth-order valence-corrected chi connectivity index (χ4v) is 3.07. The molecule has 2 aliphatic heterocycles. The molecule has 1 aromatic rings. The van der Waals surface area contributed by atoms with Crippen LogP contribution in [0.4, 0.5) is 0 Å². The Labute approximate surface area is 97.4 Å². The summed E-state index contributed by atoms with van der Waals surface area (Å²) in [7, 11) is 0. The maximum atomic E-state index is 3.79. The Morgan fingerprint density at radius 1 is 1.31 bits per heavy atom. The summed E-state index contributed by atoms with van der Waals surface area (Å²) in [4.78, 5) is 0. The second-order valence-corrected chi connectivity index (χ2v) is 5.20. The van der Waals surface area contributed by atoms with Crippen molar-refractivity contribution in [2.75, 3.05) is 13.1 Å². The Hall–Kier alpha value is -0.860. The first-order valence-electron chi connectivity index (χ1n) is 6.38. The van der Waals surface area contributed by atoms with Crippen molar-refractivity contribution in [2.45, 2.75) is 31.8 Å². The van der Waals surface area contributed by atoms with E-state index >= 15 is 0 Å². The molecule has 0 radical (unpaired) electrons. The van der Waals surface area contributed by atoms with E-state index < -0.39 is 0 Å². The largest absolute Gasteiger partial charge is 0.316 e. The molecule has 0 unspecified atom stereocenters. The SMILES string of the molecule is C[C@@H]1N[C@@H]2CCNC[C@H]2Cc2cccc1c2. The molecule has 3 atom stereocenters. The fraction of sp³-hybridized carbons (Fsp3) is 0.571. The number of nitrogens with one attached hydrogen (secondary N) is 2. The monoisotopic (exact) mass is 216 g/mol. The summed E-state index contributed by atoms with van der Waals surface area (Å²) >= 11 is 0. The van der Waals surface area contributed by atoms with Gasteiger partial charge >= 0.3 is 0 Å². The van der Waals surface area contributed by atoms with Crippen LogP contribution in [0.25, 0.3) is 0 Å². The first kappa shape index (κ1) is 10.3. The zero-order valence-corrected chi connectivity index (χ0v) is 9.87. The molecule has 2 nitrogen and oxygen atoms in total. The van der Waals surface area contributed by atoms with Gasteiger partial charge in [0.15, 0.2) is 0 Å². The molecule has 2 bridgehead atoms. The predicted molar refractivity (Wildman–Crippen MR) is 66.5 cm³/mol. The standard InChI is InChI=1S/C14H20N2/c1-10-12-4-2-3-11(7-12)8-13-9-15-6-5-14(13)16-10/h2-4,7,10,13-16H,5-6,8-9H2,1H3/t10-,13+,14+/m0/s1. The summed E-state index contributed by atoms with van der Waals surface area (Å²) in [6.07, 6.45) is 2.48. The van der Waals surface area contributed by atoms with Crippen LogP contribution in [0.1, 0.15) is 30.5 Å². The first-order chi connectivity index (χ1) is 7.83. The summed E-state index contributed by atoms with van der Waals surface area (Å²) in [6, 6.07) is 10.2. The highest BCUT2D eigenvalue weighted by Crippen LogP contribution is 2.25. The van der Waals surface area contributed by atoms with Crippen LogP contribution >= 0.6 is 0 Å². The summed E-state index contributed by atoms with van der Waals surface area (Å²) in [5.41, 5.74) is 2.94. The average Bonchev–Trinajstić information content (AvgIpc) is 2.31. The van der Waals surface area contributed by atoms with Gasteiger partial charge in [-0.2, -0.15) is 0 Å².